The van der Waals surface area contributed by atoms with Crippen LogP contribution in [0.5, 0.6) is 0 Å². The number of carbonyl (C=O) groups is 1. The molecule has 1 unspecified atom stereocenters. The van der Waals surface area contributed by atoms with Crippen molar-refractivity contribution in [3.63, 3.8) is 0 Å². The van der Waals surface area contributed by atoms with Gasteiger partial charge in [0.1, 0.15) is 0 Å². The van der Waals surface area contributed by atoms with E-state index >= 15 is 0 Å². The van der Waals surface area contributed by atoms with Gasteiger partial charge in [0.25, 0.3) is 5.91 Å². The maximum atomic E-state index is 12.8. The molecule has 0 saturated carbocycles. The van der Waals surface area contributed by atoms with Crippen LogP contribution in [0.1, 0.15) is 11.1 Å². The predicted octanol–water partition coefficient (Wildman–Crippen LogP) is 5.24. The van der Waals surface area contributed by atoms with E-state index in [0.717, 1.165) is 12.1 Å². The van der Waals surface area contributed by atoms with Gasteiger partial charge in [-0.25, -0.2) is 4.21 Å². The van der Waals surface area contributed by atoms with Crippen molar-refractivity contribution >= 4 is 38.8 Å². The second-order valence-corrected chi connectivity index (χ2v) is 8.33. The fourth-order valence-electron chi connectivity index (χ4n) is 2.04. The van der Waals surface area contributed by atoms with Crippen LogP contribution >= 0.6 is 23.2 Å². The molecule has 134 valence electrons. The van der Waals surface area contributed by atoms with Gasteiger partial charge in [0.15, 0.2) is 0 Å². The van der Waals surface area contributed by atoms with E-state index in [1.807, 2.05) is 0 Å². The van der Waals surface area contributed by atoms with Gasteiger partial charge in [-0.05, 0) is 42.0 Å². The van der Waals surface area contributed by atoms with Crippen molar-refractivity contribution in [1.82, 2.24) is 0 Å². The maximum absolute atomic E-state index is 12.8. The summed E-state index contributed by atoms with van der Waals surface area (Å²) in [6, 6.07) is 9.12. The second kappa shape index (κ2) is 7.35. The van der Waals surface area contributed by atoms with Crippen molar-refractivity contribution < 1.29 is 22.2 Å². The van der Waals surface area contributed by atoms with Gasteiger partial charge in [-0.3, -0.25) is 4.79 Å². The van der Waals surface area contributed by atoms with Crippen LogP contribution in [0.2, 0.25) is 10.0 Å². The number of carbonyl (C=O) groups excluding carboxylic acids is 1. The molecule has 2 aromatic rings. The molecule has 0 aliphatic rings. The molecule has 0 spiro atoms. The molecule has 2 aromatic carbocycles. The molecule has 0 N–H and O–H groups in total. The summed E-state index contributed by atoms with van der Waals surface area (Å²) in [5.74, 6) is -0.794. The molecule has 0 aromatic heterocycles. The van der Waals surface area contributed by atoms with Gasteiger partial charge in [0.05, 0.1) is 26.7 Å². The number of rotatable bonds is 3. The lowest BCUT2D eigenvalue weighted by molar-refractivity contribution is -0.137. The topological polar surface area (TPSA) is 46.5 Å². The van der Waals surface area contributed by atoms with E-state index in [0.29, 0.717) is 9.92 Å². The van der Waals surface area contributed by atoms with Crippen molar-refractivity contribution in [3.8, 4) is 0 Å². The number of halogens is 5. The van der Waals surface area contributed by atoms with Crippen LogP contribution < -0.4 is 0 Å². The van der Waals surface area contributed by atoms with Crippen molar-refractivity contribution in [1.29, 1.82) is 0 Å². The number of amides is 1. The van der Waals surface area contributed by atoms with E-state index in [2.05, 4.69) is 4.36 Å². The van der Waals surface area contributed by atoms with E-state index in [4.69, 9.17) is 23.2 Å². The van der Waals surface area contributed by atoms with Crippen molar-refractivity contribution in [2.75, 3.05) is 6.26 Å². The lowest BCUT2D eigenvalue weighted by atomic mass is 10.1. The molecule has 1 atom stereocenters. The molecule has 0 saturated heterocycles. The Hall–Kier alpha value is -1.57. The quantitative estimate of drug-likeness (QED) is 0.695. The molecule has 9 heteroatoms. The molecular weight excluding hydrogens is 398 g/mol. The van der Waals surface area contributed by atoms with Gasteiger partial charge >= 0.3 is 6.18 Å². The normalized spacial score (nSPS) is 14.0. The maximum Gasteiger partial charge on any atom is 0.417 e. The summed E-state index contributed by atoms with van der Waals surface area (Å²) < 4.78 is 54.7. The molecule has 0 fully saturated rings. The van der Waals surface area contributed by atoms with E-state index in [1.54, 1.807) is 0 Å². The first-order valence-electron chi connectivity index (χ1n) is 6.85. The number of nitrogens with zero attached hydrogens (tertiary/aromatic N) is 1. The zero-order valence-electron chi connectivity index (χ0n) is 12.8. The van der Waals surface area contributed by atoms with Crippen molar-refractivity contribution in [2.24, 2.45) is 4.36 Å². The molecule has 0 aliphatic heterocycles. The van der Waals surface area contributed by atoms with Crippen LogP contribution in [-0.2, 0) is 27.1 Å². The Labute approximate surface area is 152 Å². The molecule has 25 heavy (non-hydrogen) atoms. The third-order valence-corrected chi connectivity index (χ3v) is 5.50. The minimum Gasteiger partial charge on any atom is -0.272 e. The van der Waals surface area contributed by atoms with Crippen LogP contribution in [0.3, 0.4) is 0 Å². The standard InChI is InChI=1S/C16H12Cl2F3NO2S/c1-25(24,12-5-3-11(17)4-6-12)22-15(23)9-10-2-7-14(18)13(8-10)16(19,20)21/h2-8H,9H2,1H3. The highest BCUT2D eigenvalue weighted by Gasteiger charge is 2.33. The Morgan fingerprint density at radius 2 is 1.72 bits per heavy atom. The summed E-state index contributed by atoms with van der Waals surface area (Å²) in [7, 11) is -3.02. The highest BCUT2D eigenvalue weighted by Crippen LogP contribution is 2.35. The minimum atomic E-state index is -4.63. The van der Waals surface area contributed by atoms with E-state index in [9.17, 15) is 22.2 Å². The summed E-state index contributed by atoms with van der Waals surface area (Å²) >= 11 is 11.3. The van der Waals surface area contributed by atoms with E-state index in [1.165, 1.54) is 36.6 Å². The second-order valence-electron chi connectivity index (χ2n) is 5.23. The molecule has 3 nitrogen and oxygen atoms in total. The van der Waals surface area contributed by atoms with Gasteiger partial charge in [-0.15, -0.1) is 0 Å². The summed E-state index contributed by atoms with van der Waals surface area (Å²) in [6.45, 7) is 0. The minimum absolute atomic E-state index is 0.0804. The number of hydrogen-bond donors (Lipinski definition) is 0. The molecular formula is C16H12Cl2F3NO2S. The van der Waals surface area contributed by atoms with Crippen LogP contribution in [0.15, 0.2) is 51.7 Å². The third kappa shape index (κ3) is 5.20. The van der Waals surface area contributed by atoms with Crippen LogP contribution in [0.25, 0.3) is 0 Å². The first-order chi connectivity index (χ1) is 11.5. The fraction of sp³-hybridized carbons (Fsp3) is 0.188. The molecule has 0 aliphatic carbocycles. The Morgan fingerprint density at radius 3 is 2.28 bits per heavy atom. The number of alkyl halides is 3. The fourth-order valence-corrected chi connectivity index (χ4v) is 3.59. The largest absolute Gasteiger partial charge is 0.417 e. The predicted molar refractivity (Wildman–Crippen MR) is 91.4 cm³/mol. The molecule has 0 heterocycles. The summed E-state index contributed by atoms with van der Waals surface area (Å²) in [5.41, 5.74) is -0.953. The Balaban J connectivity index is 2.28. The van der Waals surface area contributed by atoms with E-state index < -0.39 is 38.8 Å². The Kier molecular flexibility index (Phi) is 5.81. The first kappa shape index (κ1) is 19.8. The summed E-state index contributed by atoms with van der Waals surface area (Å²) in [4.78, 5) is 12.3. The van der Waals surface area contributed by atoms with Gasteiger partial charge < -0.3 is 0 Å². The Morgan fingerprint density at radius 1 is 1.12 bits per heavy atom. The summed E-state index contributed by atoms with van der Waals surface area (Å²) in [6.07, 6.45) is -3.77. The average Bonchev–Trinajstić information content (AvgIpc) is 2.48. The van der Waals surface area contributed by atoms with Gasteiger partial charge in [0, 0.05) is 16.2 Å². The third-order valence-electron chi connectivity index (χ3n) is 3.22. The van der Waals surface area contributed by atoms with Gasteiger partial charge in [-0.2, -0.15) is 17.5 Å². The highest BCUT2D eigenvalue weighted by molar-refractivity contribution is 7.93. The lowest BCUT2D eigenvalue weighted by Gasteiger charge is -2.10. The van der Waals surface area contributed by atoms with Crippen LogP contribution in [0, 0.1) is 0 Å². The van der Waals surface area contributed by atoms with Gasteiger partial charge in [-0.1, -0.05) is 29.3 Å². The SMILES string of the molecule is CS(=O)(=NC(=O)Cc1ccc(Cl)c(C(F)(F)F)c1)c1ccc(Cl)cc1. The lowest BCUT2D eigenvalue weighted by Crippen LogP contribution is -2.09. The number of benzene rings is 2. The zero-order chi connectivity index (χ0) is 18.8. The summed E-state index contributed by atoms with van der Waals surface area (Å²) in [5, 5.41) is -0.0211. The zero-order valence-corrected chi connectivity index (χ0v) is 15.1. The van der Waals surface area contributed by atoms with E-state index in [-0.39, 0.29) is 5.56 Å². The molecule has 2 rings (SSSR count). The first-order valence-corrected chi connectivity index (χ1v) is 9.53. The highest BCUT2D eigenvalue weighted by atomic mass is 35.5. The van der Waals surface area contributed by atoms with Crippen LogP contribution in [-0.4, -0.2) is 16.4 Å². The number of hydrogen-bond acceptors (Lipinski definition) is 2. The smallest absolute Gasteiger partial charge is 0.272 e. The Bertz CT molecular complexity index is 918. The van der Waals surface area contributed by atoms with Crippen LogP contribution in [0.4, 0.5) is 13.2 Å². The van der Waals surface area contributed by atoms with Crippen molar-refractivity contribution in [3.05, 3.63) is 63.6 Å². The molecule has 0 radical (unpaired) electrons. The molecule has 0 bridgehead atoms. The monoisotopic (exact) mass is 409 g/mol. The van der Waals surface area contributed by atoms with Crippen molar-refractivity contribution in [2.45, 2.75) is 17.5 Å². The average molecular weight is 410 g/mol. The van der Waals surface area contributed by atoms with Gasteiger partial charge in [0.2, 0.25) is 0 Å². The molecule has 1 amide bonds.